The zero-order valence-corrected chi connectivity index (χ0v) is 11.9. The van der Waals surface area contributed by atoms with Crippen LogP contribution in [-0.2, 0) is 0 Å². The molecule has 4 heteroatoms. The number of aromatic nitrogens is 1. The highest BCUT2D eigenvalue weighted by atomic mass is 35.5. The van der Waals surface area contributed by atoms with E-state index in [1.54, 1.807) is 23.5 Å². The van der Waals surface area contributed by atoms with Gasteiger partial charge in [0.05, 0.1) is 15.2 Å². The fraction of sp³-hybridized carbons (Fsp3) is 0.0714. The summed E-state index contributed by atoms with van der Waals surface area (Å²) in [6.07, 6.45) is 0. The molecule has 2 aromatic carbocycles. The molecule has 0 unspecified atom stereocenters. The first-order chi connectivity index (χ1) is 8.65. The molecule has 0 aliphatic rings. The highest BCUT2D eigenvalue weighted by molar-refractivity contribution is 7.21. The number of thiazole rings is 1. The first kappa shape index (κ1) is 12.0. The Bertz CT molecular complexity index is 734. The summed E-state index contributed by atoms with van der Waals surface area (Å²) in [7, 11) is 0. The summed E-state index contributed by atoms with van der Waals surface area (Å²) < 4.78 is 1.17. The van der Waals surface area contributed by atoms with Crippen LogP contribution >= 0.6 is 34.5 Å². The maximum absolute atomic E-state index is 6.21. The lowest BCUT2D eigenvalue weighted by atomic mass is 10.2. The number of halogens is 2. The molecule has 0 amide bonds. The van der Waals surface area contributed by atoms with Crippen molar-refractivity contribution >= 4 is 44.8 Å². The highest BCUT2D eigenvalue weighted by Gasteiger charge is 2.11. The SMILES string of the molecule is Cc1cccc2sc(-c3cc(Cl)ccc3Cl)nc12. The molecule has 3 aromatic rings. The zero-order valence-electron chi connectivity index (χ0n) is 9.58. The number of nitrogens with zero attached hydrogens (tertiary/aromatic N) is 1. The van der Waals surface area contributed by atoms with Crippen LogP contribution in [0.2, 0.25) is 10.0 Å². The molecular formula is C14H9Cl2NS. The largest absolute Gasteiger partial charge is 0.236 e. The van der Waals surface area contributed by atoms with E-state index in [-0.39, 0.29) is 0 Å². The van der Waals surface area contributed by atoms with Crippen molar-refractivity contribution in [3.05, 3.63) is 52.0 Å². The Labute approximate surface area is 119 Å². The van der Waals surface area contributed by atoms with Gasteiger partial charge in [-0.15, -0.1) is 11.3 Å². The summed E-state index contributed by atoms with van der Waals surface area (Å²) in [5, 5.41) is 2.26. The van der Waals surface area contributed by atoms with E-state index in [1.807, 2.05) is 12.1 Å². The van der Waals surface area contributed by atoms with E-state index in [9.17, 15) is 0 Å². The topological polar surface area (TPSA) is 12.9 Å². The molecule has 0 fully saturated rings. The first-order valence-corrected chi connectivity index (χ1v) is 7.04. The lowest BCUT2D eigenvalue weighted by Gasteiger charge is -2.00. The third-order valence-corrected chi connectivity index (χ3v) is 4.40. The zero-order chi connectivity index (χ0) is 12.7. The van der Waals surface area contributed by atoms with E-state index in [0.29, 0.717) is 10.0 Å². The molecule has 0 radical (unpaired) electrons. The molecule has 0 saturated heterocycles. The average Bonchev–Trinajstić information content (AvgIpc) is 2.77. The van der Waals surface area contributed by atoms with Crippen molar-refractivity contribution in [3.63, 3.8) is 0 Å². The van der Waals surface area contributed by atoms with E-state index in [4.69, 9.17) is 23.2 Å². The number of aryl methyl sites for hydroxylation is 1. The predicted molar refractivity (Wildman–Crippen MR) is 79.8 cm³/mol. The van der Waals surface area contributed by atoms with Crippen LogP contribution in [0.15, 0.2) is 36.4 Å². The van der Waals surface area contributed by atoms with Crippen LogP contribution in [0, 0.1) is 6.92 Å². The second kappa shape index (κ2) is 4.54. The molecule has 0 aliphatic heterocycles. The Morgan fingerprint density at radius 2 is 1.94 bits per heavy atom. The molecule has 0 N–H and O–H groups in total. The molecule has 3 rings (SSSR count). The fourth-order valence-electron chi connectivity index (χ4n) is 1.86. The van der Waals surface area contributed by atoms with Crippen molar-refractivity contribution in [2.24, 2.45) is 0 Å². The van der Waals surface area contributed by atoms with Gasteiger partial charge in [-0.05, 0) is 36.8 Å². The summed E-state index contributed by atoms with van der Waals surface area (Å²) in [6, 6.07) is 11.6. The maximum Gasteiger partial charge on any atom is 0.126 e. The number of hydrogen-bond donors (Lipinski definition) is 0. The van der Waals surface area contributed by atoms with Crippen LogP contribution in [0.25, 0.3) is 20.8 Å². The normalized spacial score (nSPS) is 11.1. The minimum atomic E-state index is 0.672. The Morgan fingerprint density at radius 3 is 2.72 bits per heavy atom. The van der Waals surface area contributed by atoms with Gasteiger partial charge in [-0.2, -0.15) is 0 Å². The van der Waals surface area contributed by atoms with Crippen molar-refractivity contribution in [2.45, 2.75) is 6.92 Å². The van der Waals surface area contributed by atoms with Gasteiger partial charge in [0.2, 0.25) is 0 Å². The molecule has 18 heavy (non-hydrogen) atoms. The smallest absolute Gasteiger partial charge is 0.126 e. The summed E-state index contributed by atoms with van der Waals surface area (Å²) in [5.41, 5.74) is 3.10. The number of hydrogen-bond acceptors (Lipinski definition) is 2. The Morgan fingerprint density at radius 1 is 1.11 bits per heavy atom. The van der Waals surface area contributed by atoms with E-state index in [0.717, 1.165) is 16.1 Å². The Balaban J connectivity index is 2.26. The van der Waals surface area contributed by atoms with Gasteiger partial charge in [0.15, 0.2) is 0 Å². The van der Waals surface area contributed by atoms with Crippen molar-refractivity contribution in [3.8, 4) is 10.6 Å². The molecule has 1 nitrogen and oxygen atoms in total. The highest BCUT2D eigenvalue weighted by Crippen LogP contribution is 2.36. The standard InChI is InChI=1S/C14H9Cl2NS/c1-8-3-2-4-12-13(8)17-14(18-12)10-7-9(15)5-6-11(10)16/h2-7H,1H3. The molecule has 0 atom stereocenters. The molecule has 0 saturated carbocycles. The Hall–Kier alpha value is -1.09. The molecule has 0 spiro atoms. The van der Waals surface area contributed by atoms with Crippen molar-refractivity contribution < 1.29 is 0 Å². The molecular weight excluding hydrogens is 285 g/mol. The number of benzene rings is 2. The Kier molecular flexibility index (Phi) is 3.02. The summed E-state index contributed by atoms with van der Waals surface area (Å²) in [4.78, 5) is 4.66. The van der Waals surface area contributed by atoms with Gasteiger partial charge in [0, 0.05) is 10.6 Å². The summed E-state index contributed by atoms with van der Waals surface area (Å²) in [6.45, 7) is 2.06. The van der Waals surface area contributed by atoms with Gasteiger partial charge < -0.3 is 0 Å². The van der Waals surface area contributed by atoms with Crippen LogP contribution in [-0.4, -0.2) is 4.98 Å². The summed E-state index contributed by atoms with van der Waals surface area (Å²) in [5.74, 6) is 0. The number of rotatable bonds is 1. The minimum Gasteiger partial charge on any atom is -0.236 e. The van der Waals surface area contributed by atoms with E-state index in [2.05, 4.69) is 24.0 Å². The van der Waals surface area contributed by atoms with Crippen molar-refractivity contribution in [1.82, 2.24) is 4.98 Å². The molecule has 1 heterocycles. The van der Waals surface area contributed by atoms with E-state index >= 15 is 0 Å². The second-order valence-electron chi connectivity index (χ2n) is 4.06. The van der Waals surface area contributed by atoms with Crippen molar-refractivity contribution in [1.29, 1.82) is 0 Å². The van der Waals surface area contributed by atoms with Gasteiger partial charge in [-0.1, -0.05) is 35.3 Å². The lowest BCUT2D eigenvalue weighted by molar-refractivity contribution is 1.42. The average molecular weight is 294 g/mol. The predicted octanol–water partition coefficient (Wildman–Crippen LogP) is 5.58. The van der Waals surface area contributed by atoms with Gasteiger partial charge in [0.25, 0.3) is 0 Å². The van der Waals surface area contributed by atoms with Crippen molar-refractivity contribution in [2.75, 3.05) is 0 Å². The summed E-state index contributed by atoms with van der Waals surface area (Å²) >= 11 is 13.9. The number of fused-ring (bicyclic) bond motifs is 1. The third-order valence-electron chi connectivity index (χ3n) is 2.78. The van der Waals surface area contributed by atoms with E-state index < -0.39 is 0 Å². The fourth-order valence-corrected chi connectivity index (χ4v) is 3.37. The van der Waals surface area contributed by atoms with Crippen LogP contribution in [0.3, 0.4) is 0 Å². The maximum atomic E-state index is 6.21. The minimum absolute atomic E-state index is 0.672. The quantitative estimate of drug-likeness (QED) is 0.571. The van der Waals surface area contributed by atoms with Crippen LogP contribution < -0.4 is 0 Å². The number of para-hydroxylation sites is 1. The monoisotopic (exact) mass is 293 g/mol. The van der Waals surface area contributed by atoms with E-state index in [1.165, 1.54) is 10.3 Å². The second-order valence-corrected chi connectivity index (χ2v) is 5.94. The van der Waals surface area contributed by atoms with Crippen LogP contribution in [0.5, 0.6) is 0 Å². The lowest BCUT2D eigenvalue weighted by Crippen LogP contribution is -1.79. The van der Waals surface area contributed by atoms with Crippen LogP contribution in [0.1, 0.15) is 5.56 Å². The van der Waals surface area contributed by atoms with Gasteiger partial charge >= 0.3 is 0 Å². The molecule has 0 bridgehead atoms. The first-order valence-electron chi connectivity index (χ1n) is 5.47. The van der Waals surface area contributed by atoms with Gasteiger partial charge in [-0.3, -0.25) is 0 Å². The molecule has 1 aromatic heterocycles. The molecule has 0 aliphatic carbocycles. The molecule has 90 valence electrons. The van der Waals surface area contributed by atoms with Crippen LogP contribution in [0.4, 0.5) is 0 Å². The third kappa shape index (κ3) is 2.01. The van der Waals surface area contributed by atoms with Gasteiger partial charge in [0.1, 0.15) is 5.01 Å². The van der Waals surface area contributed by atoms with Gasteiger partial charge in [-0.25, -0.2) is 4.98 Å².